The summed E-state index contributed by atoms with van der Waals surface area (Å²) in [5.41, 5.74) is 1.86. The fourth-order valence-electron chi connectivity index (χ4n) is 5.04. The minimum atomic E-state index is -1.06. The third kappa shape index (κ3) is 8.80. The van der Waals surface area contributed by atoms with Crippen LogP contribution in [0.5, 0.6) is 5.75 Å². The maximum absolute atomic E-state index is 13.8. The summed E-state index contributed by atoms with van der Waals surface area (Å²) < 4.78 is 11.1. The van der Waals surface area contributed by atoms with Crippen LogP contribution in [0.4, 0.5) is 4.79 Å². The zero-order valence-electron chi connectivity index (χ0n) is 23.8. The second-order valence-corrected chi connectivity index (χ2v) is 11.5. The second-order valence-electron chi connectivity index (χ2n) is 11.5. The highest BCUT2D eigenvalue weighted by molar-refractivity contribution is 5.80. The number of para-hydroxylation sites is 1. The second kappa shape index (κ2) is 13.7. The van der Waals surface area contributed by atoms with Crippen LogP contribution in [0, 0.1) is 5.92 Å². The number of carbonyl (C=O) groups excluding carboxylic acids is 2. The number of hydrogen-bond acceptors (Lipinski definition) is 6. The first-order valence-electron chi connectivity index (χ1n) is 14.0. The highest BCUT2D eigenvalue weighted by atomic mass is 16.6. The Morgan fingerprint density at radius 3 is 2.15 bits per heavy atom. The van der Waals surface area contributed by atoms with Crippen LogP contribution in [0.3, 0.4) is 0 Å². The van der Waals surface area contributed by atoms with Gasteiger partial charge >= 0.3 is 6.09 Å². The van der Waals surface area contributed by atoms with Gasteiger partial charge in [-0.3, -0.25) is 4.79 Å². The van der Waals surface area contributed by atoms with Crippen molar-refractivity contribution in [1.29, 1.82) is 0 Å². The molecule has 1 aliphatic heterocycles. The Morgan fingerprint density at radius 1 is 0.927 bits per heavy atom. The van der Waals surface area contributed by atoms with Crippen molar-refractivity contribution in [3.8, 4) is 5.75 Å². The molecule has 218 valence electrons. The first-order chi connectivity index (χ1) is 19.6. The number of amides is 2. The number of benzene rings is 3. The average Bonchev–Trinajstić information content (AvgIpc) is 2.94. The molecule has 3 aromatic rings. The summed E-state index contributed by atoms with van der Waals surface area (Å²) in [6.07, 6.45) is -1.81. The molecule has 0 saturated heterocycles. The van der Waals surface area contributed by atoms with Crippen LogP contribution in [-0.4, -0.2) is 52.7 Å². The molecule has 0 bridgehead atoms. The van der Waals surface area contributed by atoms with Crippen molar-refractivity contribution >= 4 is 12.0 Å². The van der Waals surface area contributed by atoms with Gasteiger partial charge in [0.15, 0.2) is 0 Å². The fraction of sp³-hybridized carbons (Fsp3) is 0.394. The van der Waals surface area contributed by atoms with Gasteiger partial charge in [-0.1, -0.05) is 78.9 Å². The number of fused-ring (bicyclic) bond motifs is 1. The maximum Gasteiger partial charge on any atom is 0.407 e. The van der Waals surface area contributed by atoms with E-state index < -0.39 is 41.9 Å². The molecule has 0 aromatic heterocycles. The minimum absolute atomic E-state index is 0.0624. The lowest BCUT2D eigenvalue weighted by atomic mass is 9.88. The van der Waals surface area contributed by atoms with Crippen LogP contribution >= 0.6 is 0 Å². The van der Waals surface area contributed by atoms with Gasteiger partial charge in [0.25, 0.3) is 0 Å². The van der Waals surface area contributed by atoms with Crippen molar-refractivity contribution in [1.82, 2.24) is 10.6 Å². The summed E-state index contributed by atoms with van der Waals surface area (Å²) in [5.74, 6) is -0.329. The van der Waals surface area contributed by atoms with Crippen molar-refractivity contribution in [2.75, 3.05) is 6.61 Å². The molecule has 0 radical (unpaired) electrons. The Morgan fingerprint density at radius 2 is 1.51 bits per heavy atom. The zero-order chi connectivity index (χ0) is 29.4. The molecule has 0 aliphatic carbocycles. The predicted octanol–water partition coefficient (Wildman–Crippen LogP) is 4.34. The number of aliphatic hydroxyl groups is 2. The van der Waals surface area contributed by atoms with Gasteiger partial charge in [-0.05, 0) is 57.2 Å². The average molecular weight is 561 g/mol. The van der Waals surface area contributed by atoms with E-state index in [9.17, 15) is 19.8 Å². The van der Waals surface area contributed by atoms with Crippen LogP contribution in [-0.2, 0) is 22.4 Å². The molecule has 8 nitrogen and oxygen atoms in total. The van der Waals surface area contributed by atoms with Gasteiger partial charge in [0.1, 0.15) is 24.1 Å². The van der Waals surface area contributed by atoms with Crippen molar-refractivity contribution in [2.45, 2.75) is 69.9 Å². The minimum Gasteiger partial charge on any atom is -0.490 e. The molecule has 3 aromatic carbocycles. The van der Waals surface area contributed by atoms with E-state index in [1.807, 2.05) is 84.9 Å². The molecule has 5 atom stereocenters. The molecule has 1 aliphatic rings. The van der Waals surface area contributed by atoms with E-state index in [4.69, 9.17) is 9.47 Å². The third-order valence-corrected chi connectivity index (χ3v) is 7.03. The van der Waals surface area contributed by atoms with Crippen LogP contribution < -0.4 is 15.4 Å². The largest absolute Gasteiger partial charge is 0.490 e. The van der Waals surface area contributed by atoms with E-state index in [0.29, 0.717) is 24.2 Å². The van der Waals surface area contributed by atoms with Crippen LogP contribution in [0.25, 0.3) is 0 Å². The quantitative estimate of drug-likeness (QED) is 0.293. The van der Waals surface area contributed by atoms with Gasteiger partial charge in [-0.2, -0.15) is 0 Å². The Labute approximate surface area is 241 Å². The smallest absolute Gasteiger partial charge is 0.407 e. The highest BCUT2D eigenvalue weighted by Gasteiger charge is 2.35. The Kier molecular flexibility index (Phi) is 10.0. The standard InChI is InChI=1S/C33H40N2O6/c1-33(2,3)41-32(39)34-26(19-23-14-8-5-9-15-23)27(36)20-24(18-22-12-6-4-7-13-22)31(38)35-30-25-16-10-11-17-29(25)40-21-28(30)37/h4-17,24,26-28,30,36-37H,18-21H2,1-3H3,(H,34,39)(H,35,38)/t24-,26+,27+,28+,30+/m1/s1. The van der Waals surface area contributed by atoms with E-state index in [2.05, 4.69) is 10.6 Å². The SMILES string of the molecule is CC(C)(C)OC(=O)N[C@@H](Cc1ccccc1)[C@@H](O)C[C@@H](Cc1ccccc1)C(=O)N[C@H]1c2ccccc2OC[C@@H]1O. The number of aliphatic hydroxyl groups excluding tert-OH is 2. The summed E-state index contributed by atoms with van der Waals surface area (Å²) in [6, 6.07) is 25.1. The molecular weight excluding hydrogens is 520 g/mol. The number of alkyl carbamates (subject to hydrolysis) is 1. The molecule has 2 amide bonds. The van der Waals surface area contributed by atoms with E-state index in [1.54, 1.807) is 20.8 Å². The molecule has 41 heavy (non-hydrogen) atoms. The van der Waals surface area contributed by atoms with E-state index >= 15 is 0 Å². The van der Waals surface area contributed by atoms with E-state index in [-0.39, 0.29) is 18.9 Å². The van der Waals surface area contributed by atoms with Crippen molar-refractivity contribution in [3.05, 3.63) is 102 Å². The predicted molar refractivity (Wildman–Crippen MR) is 156 cm³/mol. The molecular formula is C33H40N2O6. The molecule has 0 unspecified atom stereocenters. The number of hydrogen-bond donors (Lipinski definition) is 4. The lowest BCUT2D eigenvalue weighted by Crippen LogP contribution is -2.49. The topological polar surface area (TPSA) is 117 Å². The van der Waals surface area contributed by atoms with E-state index in [0.717, 1.165) is 11.1 Å². The third-order valence-electron chi connectivity index (χ3n) is 7.03. The van der Waals surface area contributed by atoms with E-state index in [1.165, 1.54) is 0 Å². The number of carbonyl (C=O) groups is 2. The van der Waals surface area contributed by atoms with Crippen molar-refractivity contribution in [2.24, 2.45) is 5.92 Å². The van der Waals surface area contributed by atoms with Gasteiger partial charge in [0.2, 0.25) is 5.91 Å². The van der Waals surface area contributed by atoms with Gasteiger partial charge < -0.3 is 30.3 Å². The van der Waals surface area contributed by atoms with Gasteiger partial charge in [0.05, 0.1) is 18.2 Å². The molecule has 8 heteroatoms. The molecule has 4 rings (SSSR count). The highest BCUT2D eigenvalue weighted by Crippen LogP contribution is 2.32. The fourth-order valence-corrected chi connectivity index (χ4v) is 5.04. The number of rotatable bonds is 10. The van der Waals surface area contributed by atoms with Gasteiger partial charge in [-0.15, -0.1) is 0 Å². The Balaban J connectivity index is 1.56. The summed E-state index contributed by atoms with van der Waals surface area (Å²) in [7, 11) is 0. The first kappa shape index (κ1) is 30.1. The number of nitrogens with one attached hydrogen (secondary N) is 2. The van der Waals surface area contributed by atoms with Crippen LogP contribution in [0.15, 0.2) is 84.9 Å². The lowest BCUT2D eigenvalue weighted by molar-refractivity contribution is -0.128. The Bertz CT molecular complexity index is 1280. The first-order valence-corrected chi connectivity index (χ1v) is 14.0. The van der Waals surface area contributed by atoms with Crippen LogP contribution in [0.1, 0.15) is 49.9 Å². The summed E-state index contributed by atoms with van der Waals surface area (Å²) in [4.78, 5) is 26.5. The zero-order valence-corrected chi connectivity index (χ0v) is 23.8. The summed E-state index contributed by atoms with van der Waals surface area (Å²) in [6.45, 7) is 5.39. The molecule has 1 heterocycles. The molecule has 0 fully saturated rings. The monoisotopic (exact) mass is 560 g/mol. The summed E-state index contributed by atoms with van der Waals surface area (Å²) in [5, 5.41) is 28.1. The van der Waals surface area contributed by atoms with Crippen molar-refractivity contribution < 1.29 is 29.3 Å². The van der Waals surface area contributed by atoms with Gasteiger partial charge in [-0.25, -0.2) is 4.79 Å². The lowest BCUT2D eigenvalue weighted by Gasteiger charge is -2.33. The van der Waals surface area contributed by atoms with Crippen LogP contribution in [0.2, 0.25) is 0 Å². The van der Waals surface area contributed by atoms with Gasteiger partial charge in [0, 0.05) is 11.5 Å². The van der Waals surface area contributed by atoms with Crippen molar-refractivity contribution in [3.63, 3.8) is 0 Å². The molecule has 0 saturated carbocycles. The normalized spacial score (nSPS) is 18.7. The molecule has 0 spiro atoms. The number of ether oxygens (including phenoxy) is 2. The summed E-state index contributed by atoms with van der Waals surface area (Å²) >= 11 is 0. The maximum atomic E-state index is 13.8. The Hall–Kier alpha value is -3.88. The molecule has 4 N–H and O–H groups in total.